The van der Waals surface area contributed by atoms with Gasteiger partial charge >= 0.3 is 6.03 Å². The van der Waals surface area contributed by atoms with Crippen LogP contribution in [0.2, 0.25) is 0 Å². The van der Waals surface area contributed by atoms with Gasteiger partial charge in [0.05, 0.1) is 25.6 Å². The van der Waals surface area contributed by atoms with E-state index in [1.54, 1.807) is 19.1 Å². The number of hydrogen-bond acceptors (Lipinski definition) is 8. The van der Waals surface area contributed by atoms with Gasteiger partial charge in [-0.3, -0.25) is 9.69 Å². The fourth-order valence-corrected chi connectivity index (χ4v) is 5.18. The Kier molecular flexibility index (Phi) is 7.06. The lowest BCUT2D eigenvalue weighted by Crippen LogP contribution is -2.49. The van der Waals surface area contributed by atoms with Gasteiger partial charge in [0.25, 0.3) is 5.56 Å². The van der Waals surface area contributed by atoms with Crippen LogP contribution in [0.15, 0.2) is 53.3 Å². The first-order valence-electron chi connectivity index (χ1n) is 11.9. The molecule has 0 radical (unpaired) electrons. The maximum atomic E-state index is 12.8. The number of amides is 2. The smallest absolute Gasteiger partial charge is 0.322 e. The predicted molar refractivity (Wildman–Crippen MR) is 143 cm³/mol. The van der Waals surface area contributed by atoms with Crippen LogP contribution in [0, 0.1) is 6.92 Å². The normalized spacial score (nSPS) is 14.1. The van der Waals surface area contributed by atoms with Gasteiger partial charge in [0.1, 0.15) is 16.5 Å². The molecule has 3 heterocycles. The monoisotopic (exact) mass is 520 g/mol. The molecule has 0 unspecified atom stereocenters. The van der Waals surface area contributed by atoms with Crippen LogP contribution in [0.4, 0.5) is 10.5 Å². The molecule has 5 rings (SSSR count). The van der Waals surface area contributed by atoms with E-state index in [4.69, 9.17) is 14.5 Å². The molecule has 2 aromatic heterocycles. The van der Waals surface area contributed by atoms with Gasteiger partial charge in [-0.25, -0.2) is 9.78 Å². The first kappa shape index (κ1) is 24.7. The molecule has 0 bridgehead atoms. The zero-order valence-electron chi connectivity index (χ0n) is 20.9. The van der Waals surface area contributed by atoms with Crippen molar-refractivity contribution in [2.75, 3.05) is 45.7 Å². The summed E-state index contributed by atoms with van der Waals surface area (Å²) in [4.78, 5) is 34.8. The Labute approximate surface area is 218 Å². The number of urea groups is 1. The fraction of sp³-hybridized carbons (Fsp3) is 0.308. The minimum absolute atomic E-state index is 0.156. The summed E-state index contributed by atoms with van der Waals surface area (Å²) in [6, 6.07) is 14.6. The molecule has 1 aliphatic rings. The molecule has 4 aromatic rings. The molecule has 2 aromatic carbocycles. The molecule has 1 fully saturated rings. The molecule has 1 N–H and O–H groups in total. The van der Waals surface area contributed by atoms with Gasteiger partial charge in [0, 0.05) is 44.4 Å². The van der Waals surface area contributed by atoms with Gasteiger partial charge in [-0.2, -0.15) is 9.61 Å². The topological polar surface area (TPSA) is 101 Å². The summed E-state index contributed by atoms with van der Waals surface area (Å²) in [7, 11) is 3.20. The number of nitrogens with one attached hydrogen (secondary N) is 1. The largest absolute Gasteiger partial charge is 0.497 e. The van der Waals surface area contributed by atoms with Crippen LogP contribution in [0.5, 0.6) is 11.5 Å². The molecule has 192 valence electrons. The average molecular weight is 521 g/mol. The maximum absolute atomic E-state index is 12.8. The molecule has 37 heavy (non-hydrogen) atoms. The van der Waals surface area contributed by atoms with Crippen LogP contribution in [0.1, 0.15) is 11.3 Å². The molecule has 1 aliphatic heterocycles. The molecular formula is C26H28N6O4S. The van der Waals surface area contributed by atoms with Crippen LogP contribution in [-0.4, -0.2) is 70.8 Å². The van der Waals surface area contributed by atoms with Crippen LogP contribution in [0.3, 0.4) is 0 Å². The van der Waals surface area contributed by atoms with Crippen LogP contribution in [0.25, 0.3) is 15.5 Å². The lowest BCUT2D eigenvalue weighted by atomic mass is 10.2. The number of piperazine rings is 1. The minimum Gasteiger partial charge on any atom is -0.497 e. The highest BCUT2D eigenvalue weighted by molar-refractivity contribution is 7.19. The van der Waals surface area contributed by atoms with E-state index in [1.807, 2.05) is 49.4 Å². The number of nitrogens with zero attached hydrogens (tertiary/aromatic N) is 5. The number of benzene rings is 2. The summed E-state index contributed by atoms with van der Waals surface area (Å²) >= 11 is 1.36. The number of ether oxygens (including phenoxy) is 2. The SMILES string of the molecule is COc1cccc(-c2nn3c(=O)cc(CN4CCN(C(=O)Nc5cc(C)ccc5OC)CC4)nc3s2)c1. The predicted octanol–water partition coefficient (Wildman–Crippen LogP) is 3.49. The summed E-state index contributed by atoms with van der Waals surface area (Å²) < 4.78 is 12.0. The van der Waals surface area contributed by atoms with Crippen molar-refractivity contribution in [1.82, 2.24) is 24.4 Å². The molecule has 1 saturated heterocycles. The number of aromatic nitrogens is 3. The van der Waals surface area contributed by atoms with Gasteiger partial charge in [-0.05, 0) is 36.8 Å². The Morgan fingerprint density at radius 1 is 1.05 bits per heavy atom. The number of hydrogen-bond donors (Lipinski definition) is 1. The minimum atomic E-state index is -0.212. The molecule has 0 atom stereocenters. The van der Waals surface area contributed by atoms with Crippen LogP contribution < -0.4 is 20.3 Å². The van der Waals surface area contributed by atoms with Crippen molar-refractivity contribution in [1.29, 1.82) is 0 Å². The number of anilines is 1. The lowest BCUT2D eigenvalue weighted by molar-refractivity contribution is 0.142. The van der Waals surface area contributed by atoms with Crippen LogP contribution >= 0.6 is 11.3 Å². The van der Waals surface area contributed by atoms with E-state index in [9.17, 15) is 9.59 Å². The quantitative estimate of drug-likeness (QED) is 0.415. The van der Waals surface area contributed by atoms with E-state index in [-0.39, 0.29) is 11.6 Å². The number of carbonyl (C=O) groups excluding carboxylic acids is 1. The second-order valence-electron chi connectivity index (χ2n) is 8.82. The van der Waals surface area contributed by atoms with Crippen LogP contribution in [-0.2, 0) is 6.54 Å². The van der Waals surface area contributed by atoms with E-state index < -0.39 is 0 Å². The van der Waals surface area contributed by atoms with Crippen molar-refractivity contribution in [3.63, 3.8) is 0 Å². The van der Waals surface area contributed by atoms with Crippen molar-refractivity contribution in [3.8, 4) is 22.1 Å². The highest BCUT2D eigenvalue weighted by atomic mass is 32.1. The number of aryl methyl sites for hydroxylation is 1. The fourth-order valence-electron chi connectivity index (χ4n) is 4.26. The average Bonchev–Trinajstić information content (AvgIpc) is 3.34. The Morgan fingerprint density at radius 2 is 1.86 bits per heavy atom. The van der Waals surface area contributed by atoms with Crippen molar-refractivity contribution >= 4 is 28.0 Å². The highest BCUT2D eigenvalue weighted by Crippen LogP contribution is 2.28. The number of methoxy groups -OCH3 is 2. The molecule has 0 aliphatic carbocycles. The van der Waals surface area contributed by atoms with Gasteiger partial charge in [0.2, 0.25) is 4.96 Å². The third kappa shape index (κ3) is 5.42. The molecule has 0 saturated carbocycles. The first-order valence-corrected chi connectivity index (χ1v) is 12.7. The lowest BCUT2D eigenvalue weighted by Gasteiger charge is -2.34. The maximum Gasteiger partial charge on any atom is 0.322 e. The van der Waals surface area contributed by atoms with Gasteiger partial charge in [-0.15, -0.1) is 0 Å². The summed E-state index contributed by atoms with van der Waals surface area (Å²) in [5, 5.41) is 8.12. The zero-order chi connectivity index (χ0) is 25.9. The van der Waals surface area contributed by atoms with E-state index in [0.717, 1.165) is 16.9 Å². The number of rotatable bonds is 6. The Hall–Kier alpha value is -3.96. The second-order valence-corrected chi connectivity index (χ2v) is 9.77. The van der Waals surface area contributed by atoms with Crippen molar-refractivity contribution in [2.45, 2.75) is 13.5 Å². The standard InChI is InChI=1S/C26H28N6O4S/c1-17-7-8-22(36-3)21(13-17)28-25(34)31-11-9-30(10-12-31)16-19-15-23(33)32-26(27-19)37-24(29-32)18-5-4-6-20(14-18)35-2/h4-8,13-15H,9-12,16H2,1-3H3,(H,28,34). The highest BCUT2D eigenvalue weighted by Gasteiger charge is 2.23. The van der Waals surface area contributed by atoms with E-state index in [2.05, 4.69) is 15.3 Å². The van der Waals surface area contributed by atoms with Crippen molar-refractivity contribution in [3.05, 3.63) is 70.1 Å². The molecular weight excluding hydrogens is 492 g/mol. The Bertz CT molecular complexity index is 1490. The third-order valence-corrected chi connectivity index (χ3v) is 7.21. The summed E-state index contributed by atoms with van der Waals surface area (Å²) in [5.74, 6) is 1.35. The second kappa shape index (κ2) is 10.6. The molecule has 0 spiro atoms. The summed E-state index contributed by atoms with van der Waals surface area (Å²) in [6.07, 6.45) is 0. The number of carbonyl (C=O) groups is 1. The molecule has 11 heteroatoms. The first-order chi connectivity index (χ1) is 17.9. The van der Waals surface area contributed by atoms with Gasteiger partial charge in [-0.1, -0.05) is 29.5 Å². The van der Waals surface area contributed by atoms with Gasteiger partial charge < -0.3 is 19.7 Å². The van der Waals surface area contributed by atoms with Gasteiger partial charge in [0.15, 0.2) is 0 Å². The van der Waals surface area contributed by atoms with E-state index in [0.29, 0.717) is 59.8 Å². The van der Waals surface area contributed by atoms with E-state index >= 15 is 0 Å². The Balaban J connectivity index is 1.23. The molecule has 10 nitrogen and oxygen atoms in total. The third-order valence-electron chi connectivity index (χ3n) is 6.26. The van der Waals surface area contributed by atoms with Crippen molar-refractivity contribution < 1.29 is 14.3 Å². The summed E-state index contributed by atoms with van der Waals surface area (Å²) in [6.45, 7) is 4.99. The van der Waals surface area contributed by atoms with E-state index in [1.165, 1.54) is 21.9 Å². The number of fused-ring (bicyclic) bond motifs is 1. The van der Waals surface area contributed by atoms with Crippen molar-refractivity contribution in [2.24, 2.45) is 0 Å². The molecule has 2 amide bonds. The Morgan fingerprint density at radius 3 is 2.62 bits per heavy atom. The summed E-state index contributed by atoms with van der Waals surface area (Å²) in [5.41, 5.74) is 3.04. The zero-order valence-corrected chi connectivity index (χ0v) is 21.7.